The van der Waals surface area contributed by atoms with Crippen LogP contribution in [0.25, 0.3) is 5.69 Å². The van der Waals surface area contributed by atoms with Gasteiger partial charge >= 0.3 is 0 Å². The summed E-state index contributed by atoms with van der Waals surface area (Å²) in [6.45, 7) is 0. The molecule has 1 heterocycles. The van der Waals surface area contributed by atoms with E-state index in [-0.39, 0.29) is 11.5 Å². The van der Waals surface area contributed by atoms with E-state index in [0.717, 1.165) is 11.8 Å². The Morgan fingerprint density at radius 1 is 1.19 bits per heavy atom. The number of rotatable bonds is 7. The quantitative estimate of drug-likeness (QED) is 0.465. The van der Waals surface area contributed by atoms with Crippen LogP contribution in [-0.2, 0) is 0 Å². The normalized spacial score (nSPS) is 10.6. The van der Waals surface area contributed by atoms with Gasteiger partial charge in [0.25, 0.3) is 0 Å². The zero-order valence-electron chi connectivity index (χ0n) is 14.0. The van der Waals surface area contributed by atoms with Gasteiger partial charge < -0.3 is 9.47 Å². The number of tetrazole rings is 1. The fourth-order valence-corrected chi connectivity index (χ4v) is 3.05. The average Bonchev–Trinajstić information content (AvgIpc) is 3.14. The van der Waals surface area contributed by atoms with Crippen LogP contribution in [0, 0.1) is 5.82 Å². The van der Waals surface area contributed by atoms with Gasteiger partial charge in [0.15, 0.2) is 5.78 Å². The van der Waals surface area contributed by atoms with Crippen molar-refractivity contribution in [2.24, 2.45) is 0 Å². The van der Waals surface area contributed by atoms with Crippen LogP contribution in [0.5, 0.6) is 11.5 Å². The van der Waals surface area contributed by atoms with Gasteiger partial charge in [-0.1, -0.05) is 17.8 Å². The van der Waals surface area contributed by atoms with Crippen LogP contribution in [0.3, 0.4) is 0 Å². The Labute approximate surface area is 153 Å². The van der Waals surface area contributed by atoms with Crippen LogP contribution in [0.4, 0.5) is 4.39 Å². The second kappa shape index (κ2) is 7.96. The maximum absolute atomic E-state index is 13.4. The van der Waals surface area contributed by atoms with Crippen LogP contribution in [0.2, 0.25) is 0 Å². The van der Waals surface area contributed by atoms with Crippen LogP contribution in [0.1, 0.15) is 10.4 Å². The maximum Gasteiger partial charge on any atom is 0.214 e. The number of aromatic nitrogens is 4. The molecule has 0 aliphatic carbocycles. The van der Waals surface area contributed by atoms with Crippen molar-refractivity contribution in [1.82, 2.24) is 20.2 Å². The lowest BCUT2D eigenvalue weighted by Crippen LogP contribution is -2.07. The second-order valence-electron chi connectivity index (χ2n) is 5.13. The Morgan fingerprint density at radius 3 is 2.77 bits per heavy atom. The molecule has 0 amide bonds. The number of hydrogen-bond donors (Lipinski definition) is 0. The molecule has 2 aromatic carbocycles. The third-order valence-electron chi connectivity index (χ3n) is 3.54. The Bertz CT molecular complexity index is 932. The van der Waals surface area contributed by atoms with Gasteiger partial charge in [0.05, 0.1) is 31.2 Å². The van der Waals surface area contributed by atoms with Crippen molar-refractivity contribution in [1.29, 1.82) is 0 Å². The molecule has 0 unspecified atom stereocenters. The van der Waals surface area contributed by atoms with Gasteiger partial charge in [-0.05, 0) is 40.8 Å². The first-order valence-corrected chi connectivity index (χ1v) is 8.53. The van der Waals surface area contributed by atoms with Crippen LogP contribution >= 0.6 is 11.8 Å². The molecule has 7 nitrogen and oxygen atoms in total. The van der Waals surface area contributed by atoms with Crippen LogP contribution in [-0.4, -0.2) is 46.0 Å². The topological polar surface area (TPSA) is 79.1 Å². The number of nitrogens with zero attached hydrogens (tertiary/aromatic N) is 4. The summed E-state index contributed by atoms with van der Waals surface area (Å²) in [5.41, 5.74) is 0.914. The summed E-state index contributed by atoms with van der Waals surface area (Å²) < 4.78 is 25.2. The van der Waals surface area contributed by atoms with Crippen molar-refractivity contribution in [3.63, 3.8) is 0 Å². The second-order valence-corrected chi connectivity index (χ2v) is 6.07. The minimum atomic E-state index is -0.395. The first-order valence-electron chi connectivity index (χ1n) is 7.54. The standard InChI is InChI=1S/C17H15FN4O3S/c1-24-13-6-7-14(16(9-13)25-2)15(23)10-26-17-19-20-21-22(17)12-5-3-4-11(18)8-12/h3-9H,10H2,1-2H3. The first-order chi connectivity index (χ1) is 12.6. The predicted octanol–water partition coefficient (Wildman–Crippen LogP) is 2.79. The van der Waals surface area contributed by atoms with Crippen molar-refractivity contribution >= 4 is 17.5 Å². The molecular formula is C17H15FN4O3S. The van der Waals surface area contributed by atoms with E-state index < -0.39 is 5.82 Å². The van der Waals surface area contributed by atoms with Crippen LogP contribution in [0.15, 0.2) is 47.6 Å². The van der Waals surface area contributed by atoms with Gasteiger partial charge in [0, 0.05) is 6.07 Å². The molecule has 0 saturated carbocycles. The minimum Gasteiger partial charge on any atom is -0.497 e. The van der Waals surface area contributed by atoms with Crippen molar-refractivity contribution in [2.45, 2.75) is 5.16 Å². The molecule has 0 aliphatic rings. The van der Waals surface area contributed by atoms with E-state index in [1.807, 2.05) is 0 Å². The molecule has 0 bridgehead atoms. The van der Waals surface area contributed by atoms with Gasteiger partial charge in [-0.25, -0.2) is 4.39 Å². The molecule has 0 aliphatic heterocycles. The molecule has 134 valence electrons. The molecule has 0 N–H and O–H groups in total. The van der Waals surface area contributed by atoms with Gasteiger partial charge in [-0.2, -0.15) is 4.68 Å². The lowest BCUT2D eigenvalue weighted by atomic mass is 10.1. The molecule has 3 aromatic rings. The summed E-state index contributed by atoms with van der Waals surface area (Å²) in [7, 11) is 3.03. The summed E-state index contributed by atoms with van der Waals surface area (Å²) in [5, 5.41) is 11.7. The number of ether oxygens (including phenoxy) is 2. The van der Waals surface area contributed by atoms with Gasteiger partial charge in [-0.15, -0.1) is 5.10 Å². The molecule has 1 aromatic heterocycles. The van der Waals surface area contributed by atoms with E-state index in [1.165, 1.54) is 23.9 Å². The number of benzene rings is 2. The number of halogens is 1. The van der Waals surface area contributed by atoms with Crippen molar-refractivity contribution in [2.75, 3.05) is 20.0 Å². The van der Waals surface area contributed by atoms with E-state index in [1.54, 1.807) is 37.4 Å². The fraction of sp³-hybridized carbons (Fsp3) is 0.176. The SMILES string of the molecule is COc1ccc(C(=O)CSc2nnnn2-c2cccc(F)c2)c(OC)c1. The number of carbonyl (C=O) groups is 1. The van der Waals surface area contributed by atoms with E-state index in [0.29, 0.717) is 27.9 Å². The predicted molar refractivity (Wildman–Crippen MR) is 93.7 cm³/mol. The molecule has 0 spiro atoms. The highest BCUT2D eigenvalue weighted by atomic mass is 32.2. The van der Waals surface area contributed by atoms with Crippen LogP contribution < -0.4 is 9.47 Å². The molecule has 3 rings (SSSR count). The highest BCUT2D eigenvalue weighted by Crippen LogP contribution is 2.27. The number of ketones is 1. The molecule has 0 fully saturated rings. The number of hydrogen-bond acceptors (Lipinski definition) is 7. The summed E-state index contributed by atoms with van der Waals surface area (Å²) in [6, 6.07) is 10.9. The van der Waals surface area contributed by atoms with Crippen molar-refractivity contribution < 1.29 is 18.7 Å². The fourth-order valence-electron chi connectivity index (χ4n) is 2.28. The third kappa shape index (κ3) is 3.83. The minimum absolute atomic E-state index is 0.0956. The number of methoxy groups -OCH3 is 2. The zero-order valence-corrected chi connectivity index (χ0v) is 14.9. The molecule has 0 saturated heterocycles. The largest absolute Gasteiger partial charge is 0.497 e. The summed E-state index contributed by atoms with van der Waals surface area (Å²) in [5.74, 6) is 0.579. The van der Waals surface area contributed by atoms with Crippen molar-refractivity contribution in [3.8, 4) is 17.2 Å². The Kier molecular flexibility index (Phi) is 5.47. The lowest BCUT2D eigenvalue weighted by molar-refractivity contribution is 0.101. The number of thioether (sulfide) groups is 1. The van der Waals surface area contributed by atoms with E-state index in [2.05, 4.69) is 15.5 Å². The Morgan fingerprint density at radius 2 is 2.04 bits per heavy atom. The summed E-state index contributed by atoms with van der Waals surface area (Å²) in [6.07, 6.45) is 0. The summed E-state index contributed by atoms with van der Waals surface area (Å²) >= 11 is 1.15. The Hall–Kier alpha value is -2.94. The first kappa shape index (κ1) is 17.9. The molecular weight excluding hydrogens is 359 g/mol. The van der Waals surface area contributed by atoms with Gasteiger partial charge in [-0.3, -0.25) is 4.79 Å². The molecule has 0 radical (unpaired) electrons. The summed E-state index contributed by atoms with van der Waals surface area (Å²) in [4.78, 5) is 12.5. The average molecular weight is 374 g/mol. The smallest absolute Gasteiger partial charge is 0.214 e. The lowest BCUT2D eigenvalue weighted by Gasteiger charge is -2.09. The third-order valence-corrected chi connectivity index (χ3v) is 4.45. The van der Waals surface area contributed by atoms with E-state index in [4.69, 9.17) is 9.47 Å². The van der Waals surface area contributed by atoms with E-state index >= 15 is 0 Å². The zero-order chi connectivity index (χ0) is 18.5. The Balaban J connectivity index is 1.76. The van der Waals surface area contributed by atoms with Gasteiger partial charge in [0.2, 0.25) is 5.16 Å². The highest BCUT2D eigenvalue weighted by molar-refractivity contribution is 7.99. The maximum atomic E-state index is 13.4. The molecule has 9 heteroatoms. The number of carbonyl (C=O) groups excluding carboxylic acids is 1. The molecule has 26 heavy (non-hydrogen) atoms. The number of Topliss-reactive ketones (excluding diaryl/α,β-unsaturated/α-hetero) is 1. The highest BCUT2D eigenvalue weighted by Gasteiger charge is 2.16. The molecule has 0 atom stereocenters. The van der Waals surface area contributed by atoms with Crippen molar-refractivity contribution in [3.05, 3.63) is 53.8 Å². The van der Waals surface area contributed by atoms with Gasteiger partial charge in [0.1, 0.15) is 17.3 Å². The van der Waals surface area contributed by atoms with E-state index in [9.17, 15) is 9.18 Å². The monoisotopic (exact) mass is 374 g/mol.